The molecule has 1 aromatic rings. The fourth-order valence-electron chi connectivity index (χ4n) is 2.84. The predicted octanol–water partition coefficient (Wildman–Crippen LogP) is 2.17. The number of carbonyl (C=O) groups excluding carboxylic acids is 1. The third-order valence-electron chi connectivity index (χ3n) is 4.08. The molecule has 0 heterocycles. The van der Waals surface area contributed by atoms with Gasteiger partial charge in [0.1, 0.15) is 0 Å². The molecule has 0 bridgehead atoms. The zero-order chi connectivity index (χ0) is 14.9. The lowest BCUT2D eigenvalue weighted by Crippen LogP contribution is -2.91. The predicted molar refractivity (Wildman–Crippen MR) is 82.7 cm³/mol. The van der Waals surface area contributed by atoms with E-state index in [0.717, 1.165) is 5.69 Å². The summed E-state index contributed by atoms with van der Waals surface area (Å²) in [6, 6.07) is 9.64. The molecule has 21 heavy (non-hydrogen) atoms. The fraction of sp³-hybridized carbons (Fsp3) is 0.529. The van der Waals surface area contributed by atoms with Gasteiger partial charge in [0.25, 0.3) is 5.91 Å². The SMILES string of the molecule is N#Cc1ccc(NC(=O)C[NH2+]C2CCCCCCC2)cc1. The summed E-state index contributed by atoms with van der Waals surface area (Å²) in [7, 11) is 0. The summed E-state index contributed by atoms with van der Waals surface area (Å²) in [5, 5.41) is 13.8. The van der Waals surface area contributed by atoms with Gasteiger partial charge in [-0.3, -0.25) is 4.79 Å². The molecule has 0 atom stereocenters. The molecule has 4 heteroatoms. The van der Waals surface area contributed by atoms with Crippen LogP contribution >= 0.6 is 0 Å². The van der Waals surface area contributed by atoms with Gasteiger partial charge in [0.05, 0.1) is 17.7 Å². The quantitative estimate of drug-likeness (QED) is 0.890. The Morgan fingerprint density at radius 1 is 1.14 bits per heavy atom. The van der Waals surface area contributed by atoms with E-state index >= 15 is 0 Å². The topological polar surface area (TPSA) is 69.5 Å². The van der Waals surface area contributed by atoms with Crippen LogP contribution in [-0.2, 0) is 4.79 Å². The molecule has 1 aliphatic carbocycles. The van der Waals surface area contributed by atoms with Crippen LogP contribution in [0.3, 0.4) is 0 Å². The fourth-order valence-corrected chi connectivity index (χ4v) is 2.84. The van der Waals surface area contributed by atoms with Crippen LogP contribution in [0.15, 0.2) is 24.3 Å². The maximum absolute atomic E-state index is 12.0. The van der Waals surface area contributed by atoms with E-state index in [1.807, 2.05) is 0 Å². The minimum atomic E-state index is 0.0294. The number of nitrogens with one attached hydrogen (secondary N) is 1. The number of quaternary nitrogens is 1. The first-order chi connectivity index (χ1) is 10.3. The van der Waals surface area contributed by atoms with E-state index in [0.29, 0.717) is 18.2 Å². The van der Waals surface area contributed by atoms with Gasteiger partial charge in [0.15, 0.2) is 6.54 Å². The van der Waals surface area contributed by atoms with Crippen molar-refractivity contribution >= 4 is 11.6 Å². The number of benzene rings is 1. The van der Waals surface area contributed by atoms with E-state index in [1.165, 1.54) is 44.9 Å². The van der Waals surface area contributed by atoms with Crippen molar-refractivity contribution in [1.29, 1.82) is 5.26 Å². The number of nitrogens with zero attached hydrogens (tertiary/aromatic N) is 1. The highest BCUT2D eigenvalue weighted by molar-refractivity contribution is 5.91. The number of anilines is 1. The molecule has 0 spiro atoms. The van der Waals surface area contributed by atoms with Gasteiger partial charge in [-0.1, -0.05) is 19.3 Å². The van der Waals surface area contributed by atoms with E-state index in [1.54, 1.807) is 24.3 Å². The van der Waals surface area contributed by atoms with Crippen molar-refractivity contribution in [2.75, 3.05) is 11.9 Å². The Labute approximate surface area is 126 Å². The average molecular weight is 286 g/mol. The second-order valence-electron chi connectivity index (χ2n) is 5.78. The Morgan fingerprint density at radius 3 is 2.38 bits per heavy atom. The second-order valence-corrected chi connectivity index (χ2v) is 5.78. The Hall–Kier alpha value is -1.86. The van der Waals surface area contributed by atoms with Crippen molar-refractivity contribution in [1.82, 2.24) is 0 Å². The molecule has 1 aromatic carbocycles. The molecule has 0 aliphatic heterocycles. The van der Waals surface area contributed by atoms with Gasteiger partial charge in [-0.15, -0.1) is 0 Å². The van der Waals surface area contributed by atoms with Crippen LogP contribution in [0, 0.1) is 11.3 Å². The first-order valence-electron chi connectivity index (χ1n) is 7.91. The lowest BCUT2D eigenvalue weighted by atomic mass is 9.97. The summed E-state index contributed by atoms with van der Waals surface area (Å²) in [5.41, 5.74) is 1.36. The van der Waals surface area contributed by atoms with Gasteiger partial charge >= 0.3 is 0 Å². The van der Waals surface area contributed by atoms with Crippen LogP contribution in [0.4, 0.5) is 5.69 Å². The highest BCUT2D eigenvalue weighted by Crippen LogP contribution is 2.15. The van der Waals surface area contributed by atoms with Crippen molar-refractivity contribution in [2.24, 2.45) is 0 Å². The maximum atomic E-state index is 12.0. The Balaban J connectivity index is 1.74. The van der Waals surface area contributed by atoms with E-state index in [-0.39, 0.29) is 5.91 Å². The summed E-state index contributed by atoms with van der Waals surface area (Å²) < 4.78 is 0. The second kappa shape index (κ2) is 8.43. The highest BCUT2D eigenvalue weighted by Gasteiger charge is 2.15. The van der Waals surface area contributed by atoms with E-state index < -0.39 is 0 Å². The monoisotopic (exact) mass is 286 g/mol. The number of rotatable bonds is 4. The zero-order valence-electron chi connectivity index (χ0n) is 12.5. The molecule has 3 N–H and O–H groups in total. The molecule has 1 amide bonds. The molecule has 0 saturated heterocycles. The lowest BCUT2D eigenvalue weighted by molar-refractivity contribution is -0.680. The summed E-state index contributed by atoms with van der Waals surface area (Å²) >= 11 is 0. The molecular formula is C17H24N3O+. The molecule has 1 fully saturated rings. The van der Waals surface area contributed by atoms with Crippen molar-refractivity contribution in [2.45, 2.75) is 51.0 Å². The summed E-state index contributed by atoms with van der Waals surface area (Å²) in [5.74, 6) is 0.0294. The maximum Gasteiger partial charge on any atom is 0.279 e. The number of hydrogen-bond acceptors (Lipinski definition) is 2. The smallest absolute Gasteiger partial charge is 0.279 e. The Bertz CT molecular complexity index is 482. The van der Waals surface area contributed by atoms with Crippen LogP contribution in [0.25, 0.3) is 0 Å². The van der Waals surface area contributed by atoms with Gasteiger partial charge in [0, 0.05) is 5.69 Å². The van der Waals surface area contributed by atoms with Crippen LogP contribution < -0.4 is 10.6 Å². The Kier molecular flexibility index (Phi) is 6.23. The third kappa shape index (κ3) is 5.57. The molecule has 4 nitrogen and oxygen atoms in total. The molecular weight excluding hydrogens is 262 g/mol. The van der Waals surface area contributed by atoms with Crippen LogP contribution in [0.2, 0.25) is 0 Å². The average Bonchev–Trinajstić information content (AvgIpc) is 2.47. The van der Waals surface area contributed by atoms with Gasteiger partial charge in [0.2, 0.25) is 0 Å². The third-order valence-corrected chi connectivity index (χ3v) is 4.08. The summed E-state index contributed by atoms with van der Waals surface area (Å²) in [6.45, 7) is 0.477. The molecule has 2 rings (SSSR count). The summed E-state index contributed by atoms with van der Waals surface area (Å²) in [4.78, 5) is 12.0. The highest BCUT2D eigenvalue weighted by atomic mass is 16.1. The van der Waals surface area contributed by atoms with Gasteiger partial charge in [-0.05, 0) is 49.9 Å². The van der Waals surface area contributed by atoms with E-state index in [2.05, 4.69) is 16.7 Å². The van der Waals surface area contributed by atoms with Crippen molar-refractivity contribution in [3.05, 3.63) is 29.8 Å². The van der Waals surface area contributed by atoms with Crippen molar-refractivity contribution < 1.29 is 10.1 Å². The number of nitriles is 1. The standard InChI is InChI=1S/C17H23N3O/c18-12-14-8-10-16(11-9-14)20-17(21)13-19-15-6-4-2-1-3-5-7-15/h8-11,15,19H,1-7,13H2,(H,20,21)/p+1. The first kappa shape index (κ1) is 15.5. The van der Waals surface area contributed by atoms with E-state index in [4.69, 9.17) is 5.26 Å². The molecule has 0 radical (unpaired) electrons. The largest absolute Gasteiger partial charge is 0.336 e. The van der Waals surface area contributed by atoms with Gasteiger partial charge < -0.3 is 10.6 Å². The van der Waals surface area contributed by atoms with Gasteiger partial charge in [-0.25, -0.2) is 0 Å². The van der Waals surface area contributed by atoms with Crippen LogP contribution in [-0.4, -0.2) is 18.5 Å². The number of hydrogen-bond donors (Lipinski definition) is 2. The number of nitrogens with two attached hydrogens (primary N) is 1. The van der Waals surface area contributed by atoms with Crippen molar-refractivity contribution in [3.63, 3.8) is 0 Å². The number of carbonyl (C=O) groups is 1. The Morgan fingerprint density at radius 2 is 1.76 bits per heavy atom. The molecule has 1 aliphatic rings. The van der Waals surface area contributed by atoms with Gasteiger partial charge in [-0.2, -0.15) is 5.26 Å². The molecule has 112 valence electrons. The normalized spacial score (nSPS) is 16.5. The minimum absolute atomic E-state index is 0.0294. The first-order valence-corrected chi connectivity index (χ1v) is 7.91. The number of amides is 1. The molecule has 1 saturated carbocycles. The minimum Gasteiger partial charge on any atom is -0.336 e. The molecule has 0 aromatic heterocycles. The zero-order valence-corrected chi connectivity index (χ0v) is 12.5. The molecule has 0 unspecified atom stereocenters. The van der Waals surface area contributed by atoms with Crippen molar-refractivity contribution in [3.8, 4) is 6.07 Å². The van der Waals surface area contributed by atoms with E-state index in [9.17, 15) is 4.79 Å². The lowest BCUT2D eigenvalue weighted by Gasteiger charge is -2.18. The summed E-state index contributed by atoms with van der Waals surface area (Å²) in [6.07, 6.45) is 9.07. The van der Waals surface area contributed by atoms with Crippen LogP contribution in [0.5, 0.6) is 0 Å². The van der Waals surface area contributed by atoms with Crippen LogP contribution in [0.1, 0.15) is 50.5 Å².